The van der Waals surface area contributed by atoms with E-state index >= 15 is 0 Å². The van der Waals surface area contributed by atoms with Crippen LogP contribution in [0.2, 0.25) is 0 Å². The summed E-state index contributed by atoms with van der Waals surface area (Å²) in [5.74, 6) is -0.289. The summed E-state index contributed by atoms with van der Waals surface area (Å²) in [4.78, 5) is 34.0. The summed E-state index contributed by atoms with van der Waals surface area (Å²) in [5, 5.41) is 9.50. The first kappa shape index (κ1) is 14.7. The van der Waals surface area contributed by atoms with Crippen molar-refractivity contribution in [2.75, 3.05) is 14.2 Å². The first-order valence-corrected chi connectivity index (χ1v) is 6.48. The predicted molar refractivity (Wildman–Crippen MR) is 80.0 cm³/mol. The average molecular weight is 316 g/mol. The van der Waals surface area contributed by atoms with Gasteiger partial charge in [-0.1, -0.05) is 0 Å². The predicted octanol–water partition coefficient (Wildman–Crippen LogP) is 0.608. The molecule has 9 nitrogen and oxygen atoms in total. The number of ether oxygens (including phenoxy) is 2. The van der Waals surface area contributed by atoms with Crippen molar-refractivity contribution in [3.63, 3.8) is 0 Å². The number of aromatic nitrogens is 3. The normalized spacial score (nSPS) is 10.7. The molecule has 1 aromatic carbocycles. The molecular formula is C14H12N4O5. The Labute approximate surface area is 128 Å². The SMILES string of the molecule is COc1cc2cc3c(=O)[nH]c(C(=O)NO)nc3nc2cc1OC. The van der Waals surface area contributed by atoms with Gasteiger partial charge in [-0.25, -0.2) is 15.4 Å². The molecule has 0 saturated carbocycles. The molecule has 1 amide bonds. The Morgan fingerprint density at radius 1 is 1.17 bits per heavy atom. The van der Waals surface area contributed by atoms with Crippen LogP contribution < -0.4 is 20.5 Å². The fourth-order valence-electron chi connectivity index (χ4n) is 2.21. The molecule has 0 aliphatic rings. The Hall–Kier alpha value is -3.20. The van der Waals surface area contributed by atoms with Crippen molar-refractivity contribution in [3.05, 3.63) is 34.4 Å². The maximum absolute atomic E-state index is 12.1. The molecule has 0 saturated heterocycles. The Morgan fingerprint density at radius 3 is 2.52 bits per heavy atom. The van der Waals surface area contributed by atoms with E-state index in [4.69, 9.17) is 14.7 Å². The fraction of sp³-hybridized carbons (Fsp3) is 0.143. The lowest BCUT2D eigenvalue weighted by Gasteiger charge is -2.09. The minimum absolute atomic E-state index is 0.0760. The van der Waals surface area contributed by atoms with Crippen LogP contribution in [0.1, 0.15) is 10.6 Å². The van der Waals surface area contributed by atoms with Crippen LogP contribution in [0.3, 0.4) is 0 Å². The van der Waals surface area contributed by atoms with Gasteiger partial charge in [0.05, 0.1) is 25.1 Å². The summed E-state index contributed by atoms with van der Waals surface area (Å²) in [6, 6.07) is 4.92. The summed E-state index contributed by atoms with van der Waals surface area (Å²) >= 11 is 0. The van der Waals surface area contributed by atoms with Crippen molar-refractivity contribution in [2.24, 2.45) is 0 Å². The number of nitrogens with zero attached hydrogens (tertiary/aromatic N) is 2. The van der Waals surface area contributed by atoms with Crippen LogP contribution >= 0.6 is 0 Å². The quantitative estimate of drug-likeness (QED) is 0.367. The van der Waals surface area contributed by atoms with Crippen LogP contribution in [0, 0.1) is 0 Å². The summed E-state index contributed by atoms with van der Waals surface area (Å²) in [6.07, 6.45) is 0. The van der Waals surface area contributed by atoms with Gasteiger partial charge >= 0.3 is 5.91 Å². The van der Waals surface area contributed by atoms with Crippen LogP contribution in [-0.4, -0.2) is 40.3 Å². The third-order valence-electron chi connectivity index (χ3n) is 3.31. The van der Waals surface area contributed by atoms with Gasteiger partial charge in [0, 0.05) is 11.5 Å². The van der Waals surface area contributed by atoms with Gasteiger partial charge in [0.2, 0.25) is 5.82 Å². The zero-order chi connectivity index (χ0) is 16.6. The molecule has 0 aliphatic carbocycles. The molecular weight excluding hydrogens is 304 g/mol. The Bertz CT molecular complexity index is 982. The maximum atomic E-state index is 12.1. The molecule has 3 rings (SSSR count). The van der Waals surface area contributed by atoms with Crippen molar-refractivity contribution in [1.82, 2.24) is 20.4 Å². The van der Waals surface area contributed by atoms with Gasteiger partial charge in [-0.05, 0) is 12.1 Å². The fourth-order valence-corrected chi connectivity index (χ4v) is 2.21. The van der Waals surface area contributed by atoms with E-state index in [1.54, 1.807) is 18.2 Å². The second kappa shape index (κ2) is 5.54. The average Bonchev–Trinajstić information content (AvgIpc) is 2.58. The van der Waals surface area contributed by atoms with Gasteiger partial charge in [0.15, 0.2) is 17.1 Å². The first-order valence-electron chi connectivity index (χ1n) is 6.48. The van der Waals surface area contributed by atoms with Crippen LogP contribution in [0.15, 0.2) is 23.0 Å². The largest absolute Gasteiger partial charge is 0.493 e. The second-order valence-electron chi connectivity index (χ2n) is 4.61. The summed E-state index contributed by atoms with van der Waals surface area (Å²) in [5.41, 5.74) is 1.46. The van der Waals surface area contributed by atoms with Crippen molar-refractivity contribution in [3.8, 4) is 11.5 Å². The summed E-state index contributed by atoms with van der Waals surface area (Å²) in [7, 11) is 3.00. The van der Waals surface area contributed by atoms with Crippen molar-refractivity contribution < 1.29 is 19.5 Å². The molecule has 0 radical (unpaired) electrons. The molecule has 2 heterocycles. The van der Waals surface area contributed by atoms with Gasteiger partial charge in [0.1, 0.15) is 0 Å². The second-order valence-corrected chi connectivity index (χ2v) is 4.61. The van der Waals surface area contributed by atoms with E-state index in [-0.39, 0.29) is 16.9 Å². The highest BCUT2D eigenvalue weighted by atomic mass is 16.5. The monoisotopic (exact) mass is 316 g/mol. The molecule has 0 bridgehead atoms. The summed E-state index contributed by atoms with van der Waals surface area (Å²) in [6.45, 7) is 0. The van der Waals surface area contributed by atoms with E-state index in [1.165, 1.54) is 19.7 Å². The lowest BCUT2D eigenvalue weighted by atomic mass is 10.1. The minimum atomic E-state index is -0.932. The van der Waals surface area contributed by atoms with Crippen LogP contribution in [0.4, 0.5) is 0 Å². The van der Waals surface area contributed by atoms with Crippen LogP contribution in [0.5, 0.6) is 11.5 Å². The molecule has 3 aromatic rings. The van der Waals surface area contributed by atoms with Gasteiger partial charge in [-0.3, -0.25) is 14.8 Å². The summed E-state index contributed by atoms with van der Waals surface area (Å²) < 4.78 is 10.4. The third kappa shape index (κ3) is 2.42. The number of rotatable bonds is 3. The Morgan fingerprint density at radius 2 is 1.87 bits per heavy atom. The molecule has 0 atom stereocenters. The van der Waals surface area contributed by atoms with E-state index in [0.29, 0.717) is 22.4 Å². The Kier molecular flexibility index (Phi) is 3.54. The number of carbonyl (C=O) groups is 1. The number of aromatic amines is 1. The van der Waals surface area contributed by atoms with Crippen LogP contribution in [0.25, 0.3) is 21.9 Å². The first-order chi connectivity index (χ1) is 11.1. The van der Waals surface area contributed by atoms with E-state index in [9.17, 15) is 9.59 Å². The molecule has 3 N–H and O–H groups in total. The standard InChI is InChI=1S/C14H12N4O5/c1-22-9-4-6-3-7-11(15-8(6)5-10(9)23-2)16-12(14(20)18-21)17-13(7)19/h3-5,21H,1-2H3,(H,18,20)(H,15,16,17,19). The highest BCUT2D eigenvalue weighted by Crippen LogP contribution is 2.32. The van der Waals surface area contributed by atoms with Gasteiger partial charge < -0.3 is 14.5 Å². The van der Waals surface area contributed by atoms with E-state index in [0.717, 1.165) is 0 Å². The number of carbonyl (C=O) groups excluding carboxylic acids is 1. The Balaban J connectivity index is 2.33. The third-order valence-corrected chi connectivity index (χ3v) is 3.31. The number of amides is 1. The highest BCUT2D eigenvalue weighted by molar-refractivity contribution is 5.95. The van der Waals surface area contributed by atoms with Crippen molar-refractivity contribution in [2.45, 2.75) is 0 Å². The maximum Gasteiger partial charge on any atom is 0.310 e. The molecule has 0 aliphatic heterocycles. The number of pyridine rings is 1. The van der Waals surface area contributed by atoms with Crippen LogP contribution in [-0.2, 0) is 0 Å². The molecule has 2 aromatic heterocycles. The van der Waals surface area contributed by atoms with Gasteiger partial charge in [-0.2, -0.15) is 0 Å². The number of benzene rings is 1. The number of hydrogen-bond acceptors (Lipinski definition) is 7. The number of H-pyrrole nitrogens is 1. The van der Waals surface area contributed by atoms with Crippen molar-refractivity contribution >= 4 is 27.8 Å². The number of hydroxylamine groups is 1. The zero-order valence-electron chi connectivity index (χ0n) is 12.2. The lowest BCUT2D eigenvalue weighted by Crippen LogP contribution is -2.25. The molecule has 23 heavy (non-hydrogen) atoms. The van der Waals surface area contributed by atoms with E-state index < -0.39 is 11.5 Å². The van der Waals surface area contributed by atoms with Crippen molar-refractivity contribution in [1.29, 1.82) is 0 Å². The molecule has 0 fully saturated rings. The van der Waals surface area contributed by atoms with Gasteiger partial charge in [-0.15, -0.1) is 0 Å². The number of hydrogen-bond donors (Lipinski definition) is 3. The number of nitrogens with one attached hydrogen (secondary N) is 2. The highest BCUT2D eigenvalue weighted by Gasteiger charge is 2.14. The molecule has 0 spiro atoms. The smallest absolute Gasteiger partial charge is 0.310 e. The number of methoxy groups -OCH3 is 2. The van der Waals surface area contributed by atoms with E-state index in [2.05, 4.69) is 15.0 Å². The topological polar surface area (TPSA) is 126 Å². The molecule has 0 unspecified atom stereocenters. The number of fused-ring (bicyclic) bond motifs is 2. The minimum Gasteiger partial charge on any atom is -0.493 e. The molecule has 9 heteroatoms. The van der Waals surface area contributed by atoms with Gasteiger partial charge in [0.25, 0.3) is 5.56 Å². The van der Waals surface area contributed by atoms with E-state index in [1.807, 2.05) is 0 Å². The molecule has 118 valence electrons. The lowest BCUT2D eigenvalue weighted by molar-refractivity contribution is 0.0694. The zero-order valence-corrected chi connectivity index (χ0v) is 12.2.